The van der Waals surface area contributed by atoms with Gasteiger partial charge in [0.1, 0.15) is 15.5 Å². The quantitative estimate of drug-likeness (QED) is 0.527. The summed E-state index contributed by atoms with van der Waals surface area (Å²) in [7, 11) is 0. The van der Waals surface area contributed by atoms with Crippen molar-refractivity contribution in [2.75, 3.05) is 0 Å². The van der Waals surface area contributed by atoms with E-state index in [-0.39, 0.29) is 18.1 Å². The summed E-state index contributed by atoms with van der Waals surface area (Å²) in [6.07, 6.45) is 0. The lowest BCUT2D eigenvalue weighted by atomic mass is 10.1. The first kappa shape index (κ1) is 18.1. The third-order valence-corrected chi connectivity index (χ3v) is 5.45. The van der Waals surface area contributed by atoms with E-state index in [4.69, 9.17) is 9.26 Å². The lowest BCUT2D eigenvalue weighted by molar-refractivity contribution is 0.0435. The number of aromatic nitrogens is 4. The fourth-order valence-electron chi connectivity index (χ4n) is 2.89. The largest absolute Gasteiger partial charge is 0.451 e. The molecule has 0 amide bonds. The van der Waals surface area contributed by atoms with E-state index in [9.17, 15) is 9.59 Å². The number of hydrogen-bond acceptors (Lipinski definition) is 8. The second-order valence-corrected chi connectivity index (χ2v) is 7.29. The Kier molecular flexibility index (Phi) is 4.52. The SMILES string of the molecule is Cc1nc2sc(C(=O)OCc3nc(-c4ccccc4C)no3)c(C)c2c(=O)[nH]1. The Morgan fingerprint density at radius 1 is 1.21 bits per heavy atom. The number of aromatic amines is 1. The first-order valence-electron chi connectivity index (χ1n) is 8.49. The van der Waals surface area contributed by atoms with E-state index < -0.39 is 5.97 Å². The molecule has 3 heterocycles. The van der Waals surface area contributed by atoms with Gasteiger partial charge in [0.25, 0.3) is 11.4 Å². The van der Waals surface area contributed by atoms with Crippen molar-refractivity contribution in [3.05, 3.63) is 62.3 Å². The molecule has 142 valence electrons. The fraction of sp³-hybridized carbons (Fsp3) is 0.211. The normalized spacial score (nSPS) is 11.1. The highest BCUT2D eigenvalue weighted by atomic mass is 32.1. The number of H-pyrrole nitrogens is 1. The van der Waals surface area contributed by atoms with Crippen LogP contribution < -0.4 is 5.56 Å². The van der Waals surface area contributed by atoms with E-state index in [0.717, 1.165) is 22.5 Å². The minimum absolute atomic E-state index is 0.159. The molecule has 0 spiro atoms. The smallest absolute Gasteiger partial charge is 0.349 e. The summed E-state index contributed by atoms with van der Waals surface area (Å²) in [6, 6.07) is 7.66. The van der Waals surface area contributed by atoms with E-state index in [2.05, 4.69) is 20.1 Å². The highest BCUT2D eigenvalue weighted by Crippen LogP contribution is 2.28. The Bertz CT molecular complexity index is 1250. The zero-order chi connectivity index (χ0) is 19.8. The van der Waals surface area contributed by atoms with Gasteiger partial charge in [-0.25, -0.2) is 9.78 Å². The number of carbonyl (C=O) groups is 1. The lowest BCUT2D eigenvalue weighted by Crippen LogP contribution is -2.10. The number of nitrogens with zero attached hydrogens (tertiary/aromatic N) is 3. The first-order valence-corrected chi connectivity index (χ1v) is 9.31. The molecular formula is C19H16N4O4S. The molecule has 28 heavy (non-hydrogen) atoms. The van der Waals surface area contributed by atoms with Crippen LogP contribution in [0.15, 0.2) is 33.6 Å². The van der Waals surface area contributed by atoms with E-state index in [1.54, 1.807) is 13.8 Å². The number of thiophene rings is 1. The molecule has 9 heteroatoms. The second-order valence-electron chi connectivity index (χ2n) is 6.29. The Hall–Kier alpha value is -3.33. The number of nitrogens with one attached hydrogen (secondary N) is 1. The van der Waals surface area contributed by atoms with Gasteiger partial charge in [-0.15, -0.1) is 11.3 Å². The van der Waals surface area contributed by atoms with Crippen LogP contribution in [0.3, 0.4) is 0 Å². The molecule has 0 fully saturated rings. The van der Waals surface area contributed by atoms with Crippen molar-refractivity contribution in [1.29, 1.82) is 0 Å². The minimum Gasteiger partial charge on any atom is -0.451 e. The van der Waals surface area contributed by atoms with Gasteiger partial charge in [-0.1, -0.05) is 29.4 Å². The van der Waals surface area contributed by atoms with Gasteiger partial charge in [-0.2, -0.15) is 4.98 Å². The molecule has 1 N–H and O–H groups in total. The van der Waals surface area contributed by atoms with Crippen molar-refractivity contribution in [2.45, 2.75) is 27.4 Å². The van der Waals surface area contributed by atoms with E-state index >= 15 is 0 Å². The van der Waals surface area contributed by atoms with E-state index in [1.807, 2.05) is 31.2 Å². The molecule has 0 bridgehead atoms. The number of esters is 1. The third kappa shape index (κ3) is 3.20. The number of carbonyl (C=O) groups excluding carboxylic acids is 1. The van der Waals surface area contributed by atoms with E-state index in [1.165, 1.54) is 0 Å². The molecule has 0 atom stereocenters. The number of aryl methyl sites for hydroxylation is 3. The zero-order valence-electron chi connectivity index (χ0n) is 15.4. The van der Waals surface area contributed by atoms with Crippen molar-refractivity contribution in [1.82, 2.24) is 20.1 Å². The fourth-order valence-corrected chi connectivity index (χ4v) is 4.01. The van der Waals surface area contributed by atoms with Crippen LogP contribution in [-0.2, 0) is 11.3 Å². The molecule has 0 unspecified atom stereocenters. The van der Waals surface area contributed by atoms with Gasteiger partial charge in [-0.3, -0.25) is 4.79 Å². The monoisotopic (exact) mass is 396 g/mol. The highest BCUT2D eigenvalue weighted by molar-refractivity contribution is 7.20. The van der Waals surface area contributed by atoms with Gasteiger partial charge in [0.05, 0.1) is 5.39 Å². The maximum Gasteiger partial charge on any atom is 0.349 e. The Labute approximate surface area is 163 Å². The predicted octanol–water partition coefficient (Wildman–Crippen LogP) is 3.32. The van der Waals surface area contributed by atoms with Crippen LogP contribution in [0.2, 0.25) is 0 Å². The number of fused-ring (bicyclic) bond motifs is 1. The van der Waals surface area contributed by atoms with Crippen LogP contribution in [0.1, 0.15) is 32.5 Å². The van der Waals surface area contributed by atoms with Crippen molar-refractivity contribution in [3.8, 4) is 11.4 Å². The molecule has 3 aromatic heterocycles. The van der Waals surface area contributed by atoms with Gasteiger partial charge in [0.15, 0.2) is 6.61 Å². The minimum atomic E-state index is -0.562. The summed E-state index contributed by atoms with van der Waals surface area (Å²) in [5.41, 5.74) is 2.14. The predicted molar refractivity (Wildman–Crippen MR) is 103 cm³/mol. The molecule has 4 rings (SSSR count). The molecule has 4 aromatic rings. The van der Waals surface area contributed by atoms with Gasteiger partial charge in [0, 0.05) is 5.56 Å². The first-order chi connectivity index (χ1) is 13.4. The molecule has 0 aliphatic rings. The maximum atomic E-state index is 12.5. The van der Waals surface area contributed by atoms with Crippen LogP contribution in [0.25, 0.3) is 21.6 Å². The third-order valence-electron chi connectivity index (χ3n) is 4.29. The van der Waals surface area contributed by atoms with Crippen molar-refractivity contribution in [2.24, 2.45) is 0 Å². The van der Waals surface area contributed by atoms with Crippen LogP contribution in [0, 0.1) is 20.8 Å². The summed E-state index contributed by atoms with van der Waals surface area (Å²) >= 11 is 1.13. The average Bonchev–Trinajstić information content (AvgIpc) is 3.25. The van der Waals surface area contributed by atoms with Gasteiger partial charge in [0.2, 0.25) is 5.82 Å². The lowest BCUT2D eigenvalue weighted by Gasteiger charge is -2.00. The number of hydrogen-bond donors (Lipinski definition) is 1. The molecular weight excluding hydrogens is 380 g/mol. The van der Waals surface area contributed by atoms with Crippen LogP contribution in [0.4, 0.5) is 0 Å². The Morgan fingerprint density at radius 3 is 2.79 bits per heavy atom. The zero-order valence-corrected chi connectivity index (χ0v) is 16.2. The second kappa shape index (κ2) is 7.01. The van der Waals surface area contributed by atoms with Crippen molar-refractivity contribution in [3.63, 3.8) is 0 Å². The summed E-state index contributed by atoms with van der Waals surface area (Å²) in [6.45, 7) is 5.18. The molecule has 0 saturated carbocycles. The molecule has 0 saturated heterocycles. The number of rotatable bonds is 4. The molecule has 0 radical (unpaired) electrons. The molecule has 8 nitrogen and oxygen atoms in total. The molecule has 0 aliphatic carbocycles. The number of benzene rings is 1. The van der Waals surface area contributed by atoms with Gasteiger partial charge < -0.3 is 14.2 Å². The summed E-state index contributed by atoms with van der Waals surface area (Å²) < 4.78 is 10.5. The van der Waals surface area contributed by atoms with Gasteiger partial charge in [-0.05, 0) is 31.9 Å². The Morgan fingerprint density at radius 2 is 2.00 bits per heavy atom. The molecule has 0 aliphatic heterocycles. The Balaban J connectivity index is 1.54. The van der Waals surface area contributed by atoms with Gasteiger partial charge >= 0.3 is 5.97 Å². The van der Waals surface area contributed by atoms with Crippen LogP contribution >= 0.6 is 11.3 Å². The topological polar surface area (TPSA) is 111 Å². The highest BCUT2D eigenvalue weighted by Gasteiger charge is 2.21. The average molecular weight is 396 g/mol. The summed E-state index contributed by atoms with van der Waals surface area (Å²) in [5.74, 6) is 0.562. The summed E-state index contributed by atoms with van der Waals surface area (Å²) in [4.78, 5) is 36.7. The van der Waals surface area contributed by atoms with Crippen LogP contribution in [-0.4, -0.2) is 26.1 Å². The van der Waals surface area contributed by atoms with Crippen LogP contribution in [0.5, 0.6) is 0 Å². The number of ether oxygens (including phenoxy) is 1. The van der Waals surface area contributed by atoms with E-state index in [0.29, 0.717) is 32.3 Å². The maximum absolute atomic E-state index is 12.5. The summed E-state index contributed by atoms with van der Waals surface area (Å²) in [5, 5.41) is 4.35. The van der Waals surface area contributed by atoms with Crippen molar-refractivity contribution >= 4 is 27.5 Å². The standard InChI is InChI=1S/C19H16N4O4S/c1-9-6-4-5-7-12(9)16-22-13(27-23-16)8-26-19(25)15-10(2)14-17(24)20-11(3)21-18(14)28-15/h4-7H,8H2,1-3H3,(H,20,21,24). The van der Waals surface area contributed by atoms with Crippen molar-refractivity contribution < 1.29 is 14.1 Å². The molecule has 1 aromatic carbocycles.